The number of aromatic nitrogens is 2. The number of thioether (sulfide) groups is 1. The summed E-state index contributed by atoms with van der Waals surface area (Å²) in [5.41, 5.74) is -1.55. The molecule has 0 atom stereocenters. The quantitative estimate of drug-likeness (QED) is 0.836. The van der Waals surface area contributed by atoms with E-state index in [1.165, 1.54) is 17.8 Å². The van der Waals surface area contributed by atoms with Gasteiger partial charge in [-0.15, -0.1) is 0 Å². The first-order chi connectivity index (χ1) is 8.52. The van der Waals surface area contributed by atoms with E-state index >= 15 is 0 Å². The first kappa shape index (κ1) is 12.9. The molecule has 7 heteroatoms. The second-order valence-electron chi connectivity index (χ2n) is 4.25. The van der Waals surface area contributed by atoms with Gasteiger partial charge in [0, 0.05) is 19.3 Å². The first-order valence-electron chi connectivity index (χ1n) is 5.65. The number of rotatable bonds is 2. The zero-order valence-corrected chi connectivity index (χ0v) is 10.8. The molecule has 1 fully saturated rings. The minimum Gasteiger partial charge on any atom is -0.477 e. The van der Waals surface area contributed by atoms with Crippen molar-refractivity contribution in [3.63, 3.8) is 0 Å². The highest BCUT2D eigenvalue weighted by atomic mass is 32.2. The third-order valence-corrected chi connectivity index (χ3v) is 4.17. The number of nitrogens with zero attached hydrogens (tertiary/aromatic N) is 2. The molecule has 6 nitrogen and oxygen atoms in total. The molecule has 0 aromatic carbocycles. The zero-order chi connectivity index (χ0) is 13.3. The summed E-state index contributed by atoms with van der Waals surface area (Å²) >= 11 is 1.82. The van der Waals surface area contributed by atoms with Crippen molar-refractivity contribution in [1.82, 2.24) is 9.13 Å². The number of carbonyl (C=O) groups is 1. The average Bonchev–Trinajstić information content (AvgIpc) is 2.37. The summed E-state index contributed by atoms with van der Waals surface area (Å²) < 4.78 is 2.26. The Morgan fingerprint density at radius 3 is 2.56 bits per heavy atom. The van der Waals surface area contributed by atoms with Gasteiger partial charge in [-0.05, 0) is 24.3 Å². The monoisotopic (exact) mass is 270 g/mol. The Morgan fingerprint density at radius 2 is 2.00 bits per heavy atom. The van der Waals surface area contributed by atoms with Gasteiger partial charge in [-0.3, -0.25) is 13.9 Å². The van der Waals surface area contributed by atoms with Gasteiger partial charge >= 0.3 is 11.7 Å². The standard InChI is InChI=1S/C11H14N2O4S/c1-12-9(14)8(10(15)16)6-13(11(12)17)7-2-4-18-5-3-7/h6-7H,2-5H2,1H3,(H,15,16). The number of aromatic carboxylic acids is 1. The summed E-state index contributed by atoms with van der Waals surface area (Å²) in [4.78, 5) is 34.6. The number of hydrogen-bond donors (Lipinski definition) is 1. The van der Waals surface area contributed by atoms with Gasteiger partial charge in [0.25, 0.3) is 5.56 Å². The molecule has 2 rings (SSSR count). The number of carboxylic acid groups (broad SMARTS) is 1. The highest BCUT2D eigenvalue weighted by Crippen LogP contribution is 2.25. The van der Waals surface area contributed by atoms with Crippen LogP contribution in [0.4, 0.5) is 0 Å². The SMILES string of the molecule is Cn1c(=O)c(C(=O)O)cn(C2CCSCC2)c1=O. The molecule has 1 aromatic heterocycles. The fourth-order valence-electron chi connectivity index (χ4n) is 2.06. The van der Waals surface area contributed by atoms with Crippen molar-refractivity contribution in [3.05, 3.63) is 32.6 Å². The smallest absolute Gasteiger partial charge is 0.342 e. The van der Waals surface area contributed by atoms with Gasteiger partial charge in [0.2, 0.25) is 0 Å². The van der Waals surface area contributed by atoms with E-state index in [1.54, 1.807) is 0 Å². The Morgan fingerprint density at radius 1 is 1.39 bits per heavy atom. The normalized spacial score (nSPS) is 16.7. The van der Waals surface area contributed by atoms with Crippen LogP contribution in [0.3, 0.4) is 0 Å². The topological polar surface area (TPSA) is 81.3 Å². The molecule has 98 valence electrons. The van der Waals surface area contributed by atoms with E-state index in [1.807, 2.05) is 11.8 Å². The molecular weight excluding hydrogens is 256 g/mol. The van der Waals surface area contributed by atoms with Crippen LogP contribution in [0, 0.1) is 0 Å². The van der Waals surface area contributed by atoms with Crippen molar-refractivity contribution in [1.29, 1.82) is 0 Å². The van der Waals surface area contributed by atoms with E-state index in [0.717, 1.165) is 28.9 Å². The largest absolute Gasteiger partial charge is 0.477 e. The second kappa shape index (κ2) is 5.01. The molecule has 0 spiro atoms. The number of hydrogen-bond acceptors (Lipinski definition) is 4. The molecule has 0 saturated carbocycles. The molecule has 0 bridgehead atoms. The maximum Gasteiger partial charge on any atom is 0.342 e. The maximum absolute atomic E-state index is 12.0. The Balaban J connectivity index is 2.56. The summed E-state index contributed by atoms with van der Waals surface area (Å²) in [5.74, 6) is 0.597. The van der Waals surface area contributed by atoms with Crippen molar-refractivity contribution < 1.29 is 9.90 Å². The third-order valence-electron chi connectivity index (χ3n) is 3.13. The van der Waals surface area contributed by atoms with Crippen LogP contribution in [0.15, 0.2) is 15.8 Å². The predicted octanol–water partition coefficient (Wildman–Crippen LogP) is 0.313. The molecule has 1 aliphatic rings. The van der Waals surface area contributed by atoms with E-state index in [-0.39, 0.29) is 11.6 Å². The molecule has 0 unspecified atom stereocenters. The van der Waals surface area contributed by atoms with Crippen LogP contribution in [0.2, 0.25) is 0 Å². The van der Waals surface area contributed by atoms with Crippen molar-refractivity contribution in [2.24, 2.45) is 7.05 Å². The van der Waals surface area contributed by atoms with Gasteiger partial charge in [0.05, 0.1) is 0 Å². The number of carboxylic acids is 1. The van der Waals surface area contributed by atoms with Gasteiger partial charge in [-0.1, -0.05) is 0 Å². The summed E-state index contributed by atoms with van der Waals surface area (Å²) in [5, 5.41) is 8.97. The summed E-state index contributed by atoms with van der Waals surface area (Å²) in [6, 6.07) is -0.0105. The van der Waals surface area contributed by atoms with E-state index in [0.29, 0.717) is 0 Å². The maximum atomic E-state index is 12.0. The van der Waals surface area contributed by atoms with E-state index < -0.39 is 17.2 Å². The van der Waals surface area contributed by atoms with E-state index in [4.69, 9.17) is 5.11 Å². The van der Waals surface area contributed by atoms with Crippen LogP contribution in [-0.2, 0) is 7.05 Å². The second-order valence-corrected chi connectivity index (χ2v) is 5.47. The van der Waals surface area contributed by atoms with Crippen molar-refractivity contribution in [2.45, 2.75) is 18.9 Å². The van der Waals surface area contributed by atoms with Crippen LogP contribution in [0.25, 0.3) is 0 Å². The molecule has 1 aliphatic heterocycles. The zero-order valence-electron chi connectivity index (χ0n) is 9.96. The predicted molar refractivity (Wildman–Crippen MR) is 68.5 cm³/mol. The minimum atomic E-state index is -1.30. The van der Waals surface area contributed by atoms with Gasteiger partial charge in [0.1, 0.15) is 5.56 Å². The highest BCUT2D eigenvalue weighted by molar-refractivity contribution is 7.99. The summed E-state index contributed by atoms with van der Waals surface area (Å²) in [6.07, 6.45) is 2.83. The molecule has 18 heavy (non-hydrogen) atoms. The lowest BCUT2D eigenvalue weighted by Gasteiger charge is -2.24. The van der Waals surface area contributed by atoms with Crippen LogP contribution >= 0.6 is 11.8 Å². The third kappa shape index (κ3) is 2.22. The lowest BCUT2D eigenvalue weighted by molar-refractivity contribution is 0.0692. The Labute approximate surface area is 107 Å². The molecule has 1 saturated heterocycles. The fourth-order valence-corrected chi connectivity index (χ4v) is 3.14. The van der Waals surface area contributed by atoms with Crippen molar-refractivity contribution in [3.8, 4) is 0 Å². The minimum absolute atomic E-state index is 0.0105. The Hall–Kier alpha value is -1.50. The Kier molecular flexibility index (Phi) is 3.60. The van der Waals surface area contributed by atoms with Crippen molar-refractivity contribution in [2.75, 3.05) is 11.5 Å². The van der Waals surface area contributed by atoms with Crippen molar-refractivity contribution >= 4 is 17.7 Å². The van der Waals surface area contributed by atoms with Crippen LogP contribution in [0.5, 0.6) is 0 Å². The van der Waals surface area contributed by atoms with Gasteiger partial charge in [0.15, 0.2) is 0 Å². The highest BCUT2D eigenvalue weighted by Gasteiger charge is 2.21. The molecule has 1 aromatic rings. The fraction of sp³-hybridized carbons (Fsp3) is 0.545. The molecular formula is C11H14N2O4S. The van der Waals surface area contributed by atoms with Crippen LogP contribution in [-0.4, -0.2) is 31.7 Å². The van der Waals surface area contributed by atoms with E-state index in [9.17, 15) is 14.4 Å². The van der Waals surface area contributed by atoms with Gasteiger partial charge < -0.3 is 5.11 Å². The van der Waals surface area contributed by atoms with E-state index in [2.05, 4.69) is 0 Å². The molecule has 0 amide bonds. The lowest BCUT2D eigenvalue weighted by Crippen LogP contribution is -2.42. The molecule has 0 radical (unpaired) electrons. The summed E-state index contributed by atoms with van der Waals surface area (Å²) in [6.45, 7) is 0. The molecule has 0 aliphatic carbocycles. The van der Waals surface area contributed by atoms with Gasteiger partial charge in [-0.25, -0.2) is 9.59 Å². The van der Waals surface area contributed by atoms with Crippen LogP contribution < -0.4 is 11.2 Å². The molecule has 1 N–H and O–H groups in total. The van der Waals surface area contributed by atoms with Gasteiger partial charge in [-0.2, -0.15) is 11.8 Å². The lowest BCUT2D eigenvalue weighted by atomic mass is 10.1. The Bertz CT molecular complexity index is 584. The molecule has 2 heterocycles. The first-order valence-corrected chi connectivity index (χ1v) is 6.81. The summed E-state index contributed by atoms with van der Waals surface area (Å²) in [7, 11) is 1.31. The average molecular weight is 270 g/mol. The van der Waals surface area contributed by atoms with Crippen LogP contribution in [0.1, 0.15) is 29.2 Å².